The van der Waals surface area contributed by atoms with E-state index in [2.05, 4.69) is 93.4 Å². The third-order valence-electron chi connectivity index (χ3n) is 7.09. The molecule has 2 aliphatic heterocycles. The fraction of sp³-hybridized carbons (Fsp3) is 0.480. The third-order valence-corrected chi connectivity index (χ3v) is 12.1. The zero-order chi connectivity index (χ0) is 22.2. The molecule has 4 atom stereocenters. The fourth-order valence-electron chi connectivity index (χ4n) is 5.54. The summed E-state index contributed by atoms with van der Waals surface area (Å²) in [5.41, 5.74) is 6.20. The summed E-state index contributed by atoms with van der Waals surface area (Å²) >= 11 is 0. The Morgan fingerprint density at radius 1 is 1.06 bits per heavy atom. The van der Waals surface area contributed by atoms with Gasteiger partial charge in [0.25, 0.3) is 8.32 Å². The predicted octanol–water partition coefficient (Wildman–Crippen LogP) is 2.14. The van der Waals surface area contributed by atoms with Crippen LogP contribution in [0.3, 0.4) is 0 Å². The van der Waals surface area contributed by atoms with Crippen molar-refractivity contribution in [2.45, 2.75) is 50.4 Å². The molecule has 31 heavy (non-hydrogen) atoms. The van der Waals surface area contributed by atoms with Crippen LogP contribution >= 0.6 is 0 Å². The minimum absolute atomic E-state index is 0.0222. The number of likely N-dealkylation sites (tertiary alicyclic amines) is 1. The fourth-order valence-corrected chi connectivity index (χ4v) is 10.1. The number of carbonyl (C=O) groups excluding carboxylic acids is 1. The Kier molecular flexibility index (Phi) is 6.09. The molecule has 0 amide bonds. The lowest BCUT2D eigenvalue weighted by molar-refractivity contribution is -0.154. The molecule has 0 spiro atoms. The number of hydrogen-bond donors (Lipinski definition) is 1. The monoisotopic (exact) mass is 438 g/mol. The molecule has 4 rings (SSSR count). The first-order chi connectivity index (χ1) is 14.8. The second-order valence-corrected chi connectivity index (χ2v) is 14.2. The summed E-state index contributed by atoms with van der Waals surface area (Å²) in [5, 5.41) is 2.50. The highest BCUT2D eigenvalue weighted by atomic mass is 28.4. The molecular weight excluding hydrogens is 404 g/mol. The Morgan fingerprint density at radius 3 is 2.13 bits per heavy atom. The van der Waals surface area contributed by atoms with Crippen LogP contribution in [0.15, 0.2) is 60.7 Å². The van der Waals surface area contributed by atoms with E-state index in [0.29, 0.717) is 13.2 Å². The van der Waals surface area contributed by atoms with E-state index in [0.717, 1.165) is 6.42 Å². The minimum Gasteiger partial charge on any atom is -0.464 e. The quantitative estimate of drug-likeness (QED) is 0.572. The van der Waals surface area contributed by atoms with Gasteiger partial charge in [-0.25, -0.2) is 0 Å². The highest BCUT2D eigenvalue weighted by Gasteiger charge is 2.52. The van der Waals surface area contributed by atoms with Gasteiger partial charge < -0.3 is 14.9 Å². The lowest BCUT2D eigenvalue weighted by atomic mass is 9.92. The number of likely N-dealkylation sites (N-methyl/N-ethyl adjacent to an activating group) is 1. The van der Waals surface area contributed by atoms with E-state index in [9.17, 15) is 4.79 Å². The number of hydrogen-bond acceptors (Lipinski definition) is 5. The van der Waals surface area contributed by atoms with Crippen molar-refractivity contribution in [3.05, 3.63) is 60.7 Å². The Labute approximate surface area is 186 Å². The molecule has 2 aromatic rings. The summed E-state index contributed by atoms with van der Waals surface area (Å²) in [6.07, 6.45) is 0.931. The number of nitrogens with two attached hydrogens (primary N) is 1. The van der Waals surface area contributed by atoms with E-state index < -0.39 is 14.4 Å². The number of nitrogens with zero attached hydrogens (tertiary/aromatic N) is 1. The van der Waals surface area contributed by atoms with Crippen LogP contribution in [0.25, 0.3) is 0 Å². The first kappa shape index (κ1) is 22.2. The van der Waals surface area contributed by atoms with Crippen molar-refractivity contribution in [3.8, 4) is 0 Å². The maximum atomic E-state index is 12.0. The molecule has 2 saturated heterocycles. The van der Waals surface area contributed by atoms with Gasteiger partial charge >= 0.3 is 5.97 Å². The van der Waals surface area contributed by atoms with Gasteiger partial charge in [-0.15, -0.1) is 0 Å². The molecule has 2 N–H and O–H groups in total. The van der Waals surface area contributed by atoms with Gasteiger partial charge in [-0.05, 0) is 28.9 Å². The first-order valence-corrected chi connectivity index (χ1v) is 13.1. The molecule has 2 fully saturated rings. The lowest BCUT2D eigenvalue weighted by Gasteiger charge is -2.44. The van der Waals surface area contributed by atoms with Crippen molar-refractivity contribution in [1.29, 1.82) is 0 Å². The van der Waals surface area contributed by atoms with Crippen LogP contribution in [-0.2, 0) is 14.0 Å². The van der Waals surface area contributed by atoms with Crippen molar-refractivity contribution in [2.24, 2.45) is 11.7 Å². The van der Waals surface area contributed by atoms with E-state index in [-0.39, 0.29) is 29.0 Å². The van der Waals surface area contributed by atoms with Crippen LogP contribution in [0.4, 0.5) is 0 Å². The van der Waals surface area contributed by atoms with Crippen LogP contribution in [0.5, 0.6) is 0 Å². The maximum Gasteiger partial charge on any atom is 0.324 e. The third kappa shape index (κ3) is 3.87. The summed E-state index contributed by atoms with van der Waals surface area (Å²) in [7, 11) is -0.510. The zero-order valence-corrected chi connectivity index (χ0v) is 20.0. The SMILES string of the molecule is CN1[C@H](CO[Si](c2ccccc2)(c2ccccc2)C(C)(C)C)C[C@@H]2COC(=O)[C@H](N)[C@@H]21. The minimum atomic E-state index is -2.58. The normalized spacial score (nSPS) is 27.1. The van der Waals surface area contributed by atoms with Gasteiger partial charge in [-0.2, -0.15) is 0 Å². The second-order valence-electron chi connectivity index (χ2n) is 9.94. The van der Waals surface area contributed by atoms with Crippen LogP contribution in [0.1, 0.15) is 27.2 Å². The zero-order valence-electron chi connectivity index (χ0n) is 19.0. The average Bonchev–Trinajstić information content (AvgIpc) is 3.08. The topological polar surface area (TPSA) is 64.8 Å². The van der Waals surface area contributed by atoms with Gasteiger partial charge in [0.15, 0.2) is 0 Å². The van der Waals surface area contributed by atoms with Crippen molar-refractivity contribution >= 4 is 24.7 Å². The van der Waals surface area contributed by atoms with Crippen LogP contribution in [0, 0.1) is 5.92 Å². The van der Waals surface area contributed by atoms with Gasteiger partial charge in [0.05, 0.1) is 13.2 Å². The van der Waals surface area contributed by atoms with Gasteiger partial charge in [-0.1, -0.05) is 81.4 Å². The number of cyclic esters (lactones) is 1. The van der Waals surface area contributed by atoms with Crippen LogP contribution in [-0.4, -0.2) is 57.6 Å². The number of ether oxygens (including phenoxy) is 1. The van der Waals surface area contributed by atoms with E-state index in [1.54, 1.807) is 0 Å². The summed E-state index contributed by atoms with van der Waals surface area (Å²) < 4.78 is 12.4. The average molecular weight is 439 g/mol. The van der Waals surface area contributed by atoms with Gasteiger partial charge in [0.2, 0.25) is 0 Å². The molecule has 6 heteroatoms. The predicted molar refractivity (Wildman–Crippen MR) is 126 cm³/mol. The summed E-state index contributed by atoms with van der Waals surface area (Å²) in [6.45, 7) is 7.94. The molecule has 166 valence electrons. The molecule has 2 aliphatic rings. The summed E-state index contributed by atoms with van der Waals surface area (Å²) in [4.78, 5) is 14.3. The standard InChI is InChI=1S/C25H34N2O3Si/c1-25(2,3)31(20-11-7-5-8-12-20,21-13-9-6-10-14-21)30-17-19-15-18-16-29-24(28)22(26)23(18)27(19)4/h5-14,18-19,22-23H,15-17,26H2,1-4H3/t18-,19+,22-,23-/m1/s1. The molecule has 2 heterocycles. The lowest BCUT2D eigenvalue weighted by Crippen LogP contribution is -2.67. The Morgan fingerprint density at radius 2 is 1.61 bits per heavy atom. The summed E-state index contributed by atoms with van der Waals surface area (Å²) in [5.74, 6) is -0.0212. The van der Waals surface area contributed by atoms with Crippen molar-refractivity contribution in [1.82, 2.24) is 4.90 Å². The number of rotatable bonds is 5. The Hall–Kier alpha value is -1.99. The van der Waals surface area contributed by atoms with E-state index in [1.165, 1.54) is 10.4 Å². The molecule has 0 radical (unpaired) electrons. The molecular formula is C25H34N2O3Si. The highest BCUT2D eigenvalue weighted by molar-refractivity contribution is 6.99. The van der Waals surface area contributed by atoms with Gasteiger partial charge in [0, 0.05) is 18.0 Å². The Bertz CT molecular complexity index is 860. The van der Waals surface area contributed by atoms with Gasteiger partial charge in [-0.3, -0.25) is 9.69 Å². The molecule has 2 aromatic carbocycles. The summed E-state index contributed by atoms with van der Waals surface area (Å²) in [6, 6.07) is 21.0. The second kappa shape index (κ2) is 8.51. The van der Waals surface area contributed by atoms with Crippen LogP contribution in [0.2, 0.25) is 5.04 Å². The van der Waals surface area contributed by atoms with Crippen molar-refractivity contribution in [2.75, 3.05) is 20.3 Å². The smallest absolute Gasteiger partial charge is 0.324 e. The van der Waals surface area contributed by atoms with Crippen molar-refractivity contribution in [3.63, 3.8) is 0 Å². The van der Waals surface area contributed by atoms with E-state index in [4.69, 9.17) is 14.9 Å². The first-order valence-electron chi connectivity index (χ1n) is 11.1. The van der Waals surface area contributed by atoms with E-state index >= 15 is 0 Å². The van der Waals surface area contributed by atoms with E-state index in [1.807, 2.05) is 0 Å². The number of fused-ring (bicyclic) bond motifs is 1. The number of benzene rings is 2. The number of carbonyl (C=O) groups is 1. The van der Waals surface area contributed by atoms with Gasteiger partial charge in [0.1, 0.15) is 6.04 Å². The van der Waals surface area contributed by atoms with Crippen LogP contribution < -0.4 is 16.1 Å². The molecule has 5 nitrogen and oxygen atoms in total. The maximum absolute atomic E-state index is 12.0. The molecule has 0 saturated carbocycles. The highest BCUT2D eigenvalue weighted by Crippen LogP contribution is 2.39. The van der Waals surface area contributed by atoms with Crippen molar-refractivity contribution < 1.29 is 14.0 Å². The number of esters is 1. The largest absolute Gasteiger partial charge is 0.464 e. The molecule has 0 bridgehead atoms. The molecule has 0 aliphatic carbocycles. The Balaban J connectivity index is 1.67. The molecule has 0 unspecified atom stereocenters. The molecule has 0 aromatic heterocycles.